The smallest absolute Gasteiger partial charge is 0.245 e. The quantitative estimate of drug-likeness (QED) is 0.836. The van der Waals surface area contributed by atoms with E-state index >= 15 is 0 Å². The van der Waals surface area contributed by atoms with Crippen LogP contribution in [0.2, 0.25) is 10.4 Å². The molecule has 0 aromatic carbocycles. The summed E-state index contributed by atoms with van der Waals surface area (Å²) in [6, 6.07) is 0. The standard InChI is InChI=1S/C10H16Cl2N4O/c1-10(2,4-3-5-17)6-13-8-7(11)15-16-9(12)14-8/h17H,3-6H2,1-2H3,(H,13,14,16). The van der Waals surface area contributed by atoms with Gasteiger partial charge in [-0.1, -0.05) is 25.4 Å². The third-order valence-corrected chi connectivity index (χ3v) is 2.78. The molecule has 0 aliphatic heterocycles. The van der Waals surface area contributed by atoms with Crippen LogP contribution in [-0.2, 0) is 0 Å². The van der Waals surface area contributed by atoms with E-state index in [1.54, 1.807) is 0 Å². The Balaban J connectivity index is 2.57. The molecule has 1 heterocycles. The molecular weight excluding hydrogens is 263 g/mol. The molecule has 5 nitrogen and oxygen atoms in total. The maximum atomic E-state index is 8.81. The van der Waals surface area contributed by atoms with Crippen molar-refractivity contribution in [1.29, 1.82) is 0 Å². The summed E-state index contributed by atoms with van der Waals surface area (Å²) in [7, 11) is 0. The summed E-state index contributed by atoms with van der Waals surface area (Å²) in [6.45, 7) is 5.06. The summed E-state index contributed by atoms with van der Waals surface area (Å²) in [4.78, 5) is 3.96. The number of aliphatic hydroxyl groups excluding tert-OH is 1. The van der Waals surface area contributed by atoms with Crippen LogP contribution >= 0.6 is 23.2 Å². The molecule has 7 heteroatoms. The van der Waals surface area contributed by atoms with Crippen molar-refractivity contribution in [3.8, 4) is 0 Å². The van der Waals surface area contributed by atoms with E-state index < -0.39 is 0 Å². The number of nitrogens with one attached hydrogen (secondary N) is 1. The zero-order valence-electron chi connectivity index (χ0n) is 9.87. The number of aliphatic hydroxyl groups is 1. The second-order valence-corrected chi connectivity index (χ2v) is 5.26. The van der Waals surface area contributed by atoms with E-state index in [1.165, 1.54) is 0 Å². The third kappa shape index (κ3) is 5.02. The Hall–Kier alpha value is -0.650. The zero-order chi connectivity index (χ0) is 12.9. The number of nitrogens with zero attached hydrogens (tertiary/aromatic N) is 3. The van der Waals surface area contributed by atoms with Crippen molar-refractivity contribution < 1.29 is 5.11 Å². The van der Waals surface area contributed by atoms with Gasteiger partial charge in [0.25, 0.3) is 0 Å². The van der Waals surface area contributed by atoms with Crippen molar-refractivity contribution in [3.63, 3.8) is 0 Å². The first-order chi connectivity index (χ1) is 7.94. The van der Waals surface area contributed by atoms with Gasteiger partial charge in [-0.2, -0.15) is 4.98 Å². The Bertz CT molecular complexity index is 373. The highest BCUT2D eigenvalue weighted by molar-refractivity contribution is 6.32. The van der Waals surface area contributed by atoms with Crippen molar-refractivity contribution in [2.24, 2.45) is 5.41 Å². The van der Waals surface area contributed by atoms with Crippen LogP contribution in [0.5, 0.6) is 0 Å². The van der Waals surface area contributed by atoms with Crippen LogP contribution in [0.1, 0.15) is 26.7 Å². The fourth-order valence-corrected chi connectivity index (χ4v) is 1.64. The maximum Gasteiger partial charge on any atom is 0.245 e. The van der Waals surface area contributed by atoms with Crippen LogP contribution in [0.3, 0.4) is 0 Å². The predicted molar refractivity (Wildman–Crippen MR) is 68.4 cm³/mol. The topological polar surface area (TPSA) is 70.9 Å². The second kappa shape index (κ2) is 6.33. The molecule has 0 aliphatic rings. The van der Waals surface area contributed by atoms with Gasteiger partial charge in [0.1, 0.15) is 0 Å². The molecule has 96 valence electrons. The van der Waals surface area contributed by atoms with Crippen LogP contribution in [0.25, 0.3) is 0 Å². The normalized spacial score (nSPS) is 11.6. The Morgan fingerprint density at radius 2 is 2.00 bits per heavy atom. The van der Waals surface area contributed by atoms with Crippen molar-refractivity contribution >= 4 is 29.0 Å². The Labute approximate surface area is 111 Å². The molecule has 0 amide bonds. The summed E-state index contributed by atoms with van der Waals surface area (Å²) in [5.74, 6) is 0.434. The van der Waals surface area contributed by atoms with Gasteiger partial charge >= 0.3 is 0 Å². The maximum absolute atomic E-state index is 8.81. The highest BCUT2D eigenvalue weighted by Crippen LogP contribution is 2.24. The molecule has 17 heavy (non-hydrogen) atoms. The molecule has 1 aromatic heterocycles. The minimum absolute atomic E-state index is 0.0312. The summed E-state index contributed by atoms with van der Waals surface area (Å²) < 4.78 is 0. The molecule has 0 spiro atoms. The third-order valence-electron chi connectivity index (χ3n) is 2.37. The lowest BCUT2D eigenvalue weighted by molar-refractivity contribution is 0.248. The first-order valence-electron chi connectivity index (χ1n) is 5.35. The van der Waals surface area contributed by atoms with Crippen LogP contribution in [0.4, 0.5) is 5.82 Å². The Kier molecular flexibility index (Phi) is 5.36. The summed E-state index contributed by atoms with van der Waals surface area (Å²) >= 11 is 11.5. The number of rotatable bonds is 6. The van der Waals surface area contributed by atoms with Crippen molar-refractivity contribution in [1.82, 2.24) is 15.2 Å². The van der Waals surface area contributed by atoms with Crippen molar-refractivity contribution in [2.75, 3.05) is 18.5 Å². The Morgan fingerprint density at radius 1 is 1.29 bits per heavy atom. The van der Waals surface area contributed by atoms with Gasteiger partial charge in [-0.3, -0.25) is 0 Å². The number of anilines is 1. The predicted octanol–water partition coefficient (Wildman–Crippen LogP) is 2.39. The molecule has 0 unspecified atom stereocenters. The molecule has 0 fully saturated rings. The lowest BCUT2D eigenvalue weighted by Gasteiger charge is -2.24. The Morgan fingerprint density at radius 3 is 2.65 bits per heavy atom. The molecule has 0 saturated heterocycles. The number of aromatic nitrogens is 3. The molecule has 0 saturated carbocycles. The highest BCUT2D eigenvalue weighted by Gasteiger charge is 2.18. The van der Waals surface area contributed by atoms with E-state index in [9.17, 15) is 0 Å². The molecule has 2 N–H and O–H groups in total. The number of hydrogen-bond acceptors (Lipinski definition) is 5. The average Bonchev–Trinajstić information content (AvgIpc) is 2.28. The van der Waals surface area contributed by atoms with Gasteiger partial charge in [-0.05, 0) is 29.9 Å². The van der Waals surface area contributed by atoms with Gasteiger partial charge in [0, 0.05) is 13.2 Å². The summed E-state index contributed by atoms with van der Waals surface area (Å²) in [5.41, 5.74) is 0.0312. The van der Waals surface area contributed by atoms with E-state index in [4.69, 9.17) is 28.3 Å². The minimum atomic E-state index is 0.0312. The lowest BCUT2D eigenvalue weighted by Crippen LogP contribution is -2.24. The molecule has 0 aliphatic carbocycles. The molecule has 1 aromatic rings. The SMILES string of the molecule is CC(C)(CCCO)CNc1nc(Cl)nnc1Cl. The summed E-state index contributed by atoms with van der Waals surface area (Å²) in [5, 5.41) is 19.4. The lowest BCUT2D eigenvalue weighted by atomic mass is 9.88. The number of halogens is 2. The van der Waals surface area contributed by atoms with E-state index in [1.807, 2.05) is 0 Å². The minimum Gasteiger partial charge on any atom is -0.396 e. The second-order valence-electron chi connectivity index (χ2n) is 4.57. The van der Waals surface area contributed by atoms with E-state index in [0.29, 0.717) is 12.4 Å². The van der Waals surface area contributed by atoms with Gasteiger partial charge in [-0.15, -0.1) is 10.2 Å². The van der Waals surface area contributed by atoms with E-state index in [0.717, 1.165) is 12.8 Å². The first kappa shape index (κ1) is 14.4. The average molecular weight is 279 g/mol. The fraction of sp³-hybridized carbons (Fsp3) is 0.700. The van der Waals surface area contributed by atoms with Crippen molar-refractivity contribution in [2.45, 2.75) is 26.7 Å². The monoisotopic (exact) mass is 278 g/mol. The molecule has 0 bridgehead atoms. The zero-order valence-corrected chi connectivity index (χ0v) is 11.4. The highest BCUT2D eigenvalue weighted by atomic mass is 35.5. The first-order valence-corrected chi connectivity index (χ1v) is 6.11. The van der Waals surface area contributed by atoms with Gasteiger partial charge < -0.3 is 10.4 Å². The van der Waals surface area contributed by atoms with Crippen LogP contribution in [0, 0.1) is 5.41 Å². The van der Waals surface area contributed by atoms with Gasteiger partial charge in [0.2, 0.25) is 5.28 Å². The van der Waals surface area contributed by atoms with E-state index in [2.05, 4.69) is 34.3 Å². The molecule has 1 rings (SSSR count). The largest absolute Gasteiger partial charge is 0.396 e. The van der Waals surface area contributed by atoms with E-state index in [-0.39, 0.29) is 22.5 Å². The fourth-order valence-electron chi connectivity index (χ4n) is 1.37. The van der Waals surface area contributed by atoms with Crippen LogP contribution < -0.4 is 5.32 Å². The molecule has 0 radical (unpaired) electrons. The molecular formula is C10H16Cl2N4O. The van der Waals surface area contributed by atoms with Crippen molar-refractivity contribution in [3.05, 3.63) is 10.4 Å². The van der Waals surface area contributed by atoms with Crippen LogP contribution in [-0.4, -0.2) is 33.4 Å². The summed E-state index contributed by atoms with van der Waals surface area (Å²) in [6.07, 6.45) is 1.67. The van der Waals surface area contributed by atoms with Crippen LogP contribution in [0.15, 0.2) is 0 Å². The van der Waals surface area contributed by atoms with Gasteiger partial charge in [0.05, 0.1) is 0 Å². The van der Waals surface area contributed by atoms with Gasteiger partial charge in [-0.25, -0.2) is 0 Å². The number of hydrogen-bond donors (Lipinski definition) is 2. The van der Waals surface area contributed by atoms with Gasteiger partial charge in [0.15, 0.2) is 11.0 Å². The molecule has 0 atom stereocenters.